The van der Waals surface area contributed by atoms with Gasteiger partial charge in [-0.15, -0.1) is 5.10 Å². The fourth-order valence-electron chi connectivity index (χ4n) is 4.96. The first-order valence-corrected chi connectivity index (χ1v) is 10.9. The van der Waals surface area contributed by atoms with Crippen molar-refractivity contribution >= 4 is 28.0 Å². The first-order chi connectivity index (χ1) is 15.2. The Bertz CT molecular complexity index is 1270. The molecule has 158 valence electrons. The molecule has 1 fully saturated rings. The van der Waals surface area contributed by atoms with Gasteiger partial charge in [-0.2, -0.15) is 0 Å². The summed E-state index contributed by atoms with van der Waals surface area (Å²) in [4.78, 5) is 19.1. The highest BCUT2D eigenvalue weighted by molar-refractivity contribution is 5.92. The van der Waals surface area contributed by atoms with Crippen LogP contribution in [0.2, 0.25) is 0 Å². The summed E-state index contributed by atoms with van der Waals surface area (Å²) in [5.41, 5.74) is 5.10. The highest BCUT2D eigenvalue weighted by atomic mass is 16.5. The van der Waals surface area contributed by atoms with Crippen LogP contribution in [0.3, 0.4) is 0 Å². The summed E-state index contributed by atoms with van der Waals surface area (Å²) < 4.78 is 7.37. The third-order valence-corrected chi connectivity index (χ3v) is 6.67. The number of H-pyrrole nitrogens is 1. The maximum Gasteiger partial charge on any atom is 0.174 e. The van der Waals surface area contributed by atoms with Crippen LogP contribution in [0.4, 0.5) is 5.69 Å². The number of carbonyl (C=O) groups is 1. The Balaban J connectivity index is 1.11. The Morgan fingerprint density at radius 3 is 3.00 bits per heavy atom. The first-order valence-electron chi connectivity index (χ1n) is 10.9. The Hall–Kier alpha value is -3.42. The molecule has 0 unspecified atom stereocenters. The van der Waals surface area contributed by atoms with Gasteiger partial charge in [-0.3, -0.25) is 4.79 Å². The van der Waals surface area contributed by atoms with Gasteiger partial charge in [0.25, 0.3) is 0 Å². The van der Waals surface area contributed by atoms with Gasteiger partial charge < -0.3 is 15.0 Å². The van der Waals surface area contributed by atoms with E-state index >= 15 is 0 Å². The summed E-state index contributed by atoms with van der Waals surface area (Å²) in [6.07, 6.45) is 8.68. The van der Waals surface area contributed by atoms with E-state index in [0.717, 1.165) is 71.5 Å². The predicted octanol–water partition coefficient (Wildman–Crippen LogP) is 3.50. The lowest BCUT2D eigenvalue weighted by Gasteiger charge is -2.28. The maximum absolute atomic E-state index is 11.5. The van der Waals surface area contributed by atoms with Gasteiger partial charge in [0, 0.05) is 47.8 Å². The van der Waals surface area contributed by atoms with Gasteiger partial charge >= 0.3 is 0 Å². The van der Waals surface area contributed by atoms with Gasteiger partial charge in [0.15, 0.2) is 5.78 Å². The van der Waals surface area contributed by atoms with Crippen molar-refractivity contribution in [3.63, 3.8) is 0 Å². The minimum atomic E-state index is 0.138. The average molecular weight is 416 g/mol. The normalized spacial score (nSPS) is 21.2. The Kier molecular flexibility index (Phi) is 4.36. The number of fused-ring (bicyclic) bond motifs is 4. The Labute approximate surface area is 179 Å². The quantitative estimate of drug-likeness (QED) is 0.529. The van der Waals surface area contributed by atoms with E-state index in [1.807, 2.05) is 24.4 Å². The molecule has 0 radical (unpaired) electrons. The second kappa shape index (κ2) is 7.37. The monoisotopic (exact) mass is 416 g/mol. The van der Waals surface area contributed by atoms with Crippen LogP contribution in [0.15, 0.2) is 36.8 Å². The standard InChI is InChI=1S/C23H24N6O2/c30-18-9-16-5-6-17(10-20(16)31-12-18)25-11-14-1-3-15(4-2-14)21-22-19-7-8-24-23(19)26-13-29(22)28-27-21/h5-8,10,13-15,24-25H,1-4,9,11-12H2. The van der Waals surface area contributed by atoms with Crippen LogP contribution in [0.5, 0.6) is 5.75 Å². The minimum absolute atomic E-state index is 0.138. The number of nitrogens with zero attached hydrogens (tertiary/aromatic N) is 4. The Morgan fingerprint density at radius 1 is 1.19 bits per heavy atom. The summed E-state index contributed by atoms with van der Waals surface area (Å²) in [5.74, 6) is 2.03. The molecule has 31 heavy (non-hydrogen) atoms. The number of ether oxygens (including phenoxy) is 1. The fraction of sp³-hybridized carbons (Fsp3) is 0.391. The number of aromatic nitrogens is 5. The van der Waals surface area contributed by atoms with Crippen molar-refractivity contribution in [1.82, 2.24) is 24.8 Å². The molecule has 0 saturated heterocycles. The second-order valence-electron chi connectivity index (χ2n) is 8.68. The Morgan fingerprint density at radius 2 is 2.10 bits per heavy atom. The summed E-state index contributed by atoms with van der Waals surface area (Å²) >= 11 is 0. The van der Waals surface area contributed by atoms with Crippen molar-refractivity contribution in [1.29, 1.82) is 0 Å². The van der Waals surface area contributed by atoms with Gasteiger partial charge in [0.05, 0.1) is 5.69 Å². The first kappa shape index (κ1) is 18.4. The van der Waals surface area contributed by atoms with E-state index in [1.54, 1.807) is 10.8 Å². The number of carbonyl (C=O) groups excluding carboxylic acids is 1. The van der Waals surface area contributed by atoms with E-state index in [9.17, 15) is 4.79 Å². The van der Waals surface area contributed by atoms with Crippen molar-refractivity contribution in [3.05, 3.63) is 48.0 Å². The third-order valence-electron chi connectivity index (χ3n) is 6.67. The van der Waals surface area contributed by atoms with Gasteiger partial charge in [0.1, 0.15) is 29.8 Å². The van der Waals surface area contributed by atoms with Gasteiger partial charge in [-0.05, 0) is 43.7 Å². The topological polar surface area (TPSA) is 97.2 Å². The molecule has 0 atom stereocenters. The van der Waals surface area contributed by atoms with Gasteiger partial charge in [-0.25, -0.2) is 9.50 Å². The molecule has 1 aliphatic heterocycles. The molecule has 2 aliphatic rings. The molecule has 1 saturated carbocycles. The van der Waals surface area contributed by atoms with Crippen LogP contribution in [-0.4, -0.2) is 43.7 Å². The van der Waals surface area contributed by atoms with Crippen LogP contribution >= 0.6 is 0 Å². The molecule has 8 heteroatoms. The van der Waals surface area contributed by atoms with E-state index in [1.165, 1.54) is 0 Å². The molecular formula is C23H24N6O2. The molecule has 0 bridgehead atoms. The molecule has 0 amide bonds. The number of rotatable bonds is 4. The van der Waals surface area contributed by atoms with Gasteiger partial charge in [-0.1, -0.05) is 11.3 Å². The summed E-state index contributed by atoms with van der Waals surface area (Å²) in [6, 6.07) is 8.12. The summed E-state index contributed by atoms with van der Waals surface area (Å²) in [7, 11) is 0. The molecule has 1 aliphatic carbocycles. The molecule has 3 aromatic heterocycles. The SMILES string of the molecule is O=C1COc2cc(NCC3CCC(c4nnn5cnc6[nH]ccc6c45)CC3)ccc2C1. The van der Waals surface area contributed by atoms with Crippen LogP contribution in [-0.2, 0) is 11.2 Å². The van der Waals surface area contributed by atoms with Gasteiger partial charge in [0.2, 0.25) is 0 Å². The zero-order chi connectivity index (χ0) is 20.8. The minimum Gasteiger partial charge on any atom is -0.485 e. The van der Waals surface area contributed by atoms with Crippen molar-refractivity contribution in [2.45, 2.75) is 38.0 Å². The number of ketones is 1. The lowest BCUT2D eigenvalue weighted by Crippen LogP contribution is -2.22. The molecule has 4 heterocycles. The highest BCUT2D eigenvalue weighted by Gasteiger charge is 2.27. The second-order valence-corrected chi connectivity index (χ2v) is 8.68. The zero-order valence-electron chi connectivity index (χ0n) is 17.2. The summed E-state index contributed by atoms with van der Waals surface area (Å²) in [6.45, 7) is 1.13. The van der Waals surface area contributed by atoms with E-state index in [-0.39, 0.29) is 12.4 Å². The number of Topliss-reactive ketones (excluding diaryl/α,β-unsaturated/α-hetero) is 1. The molecule has 8 nitrogen and oxygen atoms in total. The average Bonchev–Trinajstić information content (AvgIpc) is 3.44. The maximum atomic E-state index is 11.5. The molecule has 6 rings (SSSR count). The van der Waals surface area contributed by atoms with Crippen LogP contribution in [0.1, 0.15) is 42.9 Å². The molecular weight excluding hydrogens is 392 g/mol. The number of hydrogen-bond donors (Lipinski definition) is 2. The predicted molar refractivity (Wildman–Crippen MR) is 116 cm³/mol. The number of hydrogen-bond acceptors (Lipinski definition) is 6. The van der Waals surface area contributed by atoms with E-state index < -0.39 is 0 Å². The number of nitrogens with one attached hydrogen (secondary N) is 2. The number of anilines is 1. The highest BCUT2D eigenvalue weighted by Crippen LogP contribution is 2.38. The zero-order valence-corrected chi connectivity index (χ0v) is 17.2. The lowest BCUT2D eigenvalue weighted by atomic mass is 9.80. The fourth-order valence-corrected chi connectivity index (χ4v) is 4.96. The van der Waals surface area contributed by atoms with E-state index in [4.69, 9.17) is 4.74 Å². The molecule has 4 aromatic rings. The van der Waals surface area contributed by atoms with E-state index in [2.05, 4.69) is 31.7 Å². The molecule has 2 N–H and O–H groups in total. The lowest BCUT2D eigenvalue weighted by molar-refractivity contribution is -0.121. The smallest absolute Gasteiger partial charge is 0.174 e. The van der Waals surface area contributed by atoms with Crippen molar-refractivity contribution in [3.8, 4) is 5.75 Å². The largest absolute Gasteiger partial charge is 0.485 e. The third kappa shape index (κ3) is 3.32. The molecule has 1 aromatic carbocycles. The van der Waals surface area contributed by atoms with Crippen LogP contribution in [0, 0.1) is 5.92 Å². The number of aromatic amines is 1. The van der Waals surface area contributed by atoms with Crippen molar-refractivity contribution in [2.24, 2.45) is 5.92 Å². The van der Waals surface area contributed by atoms with Crippen LogP contribution < -0.4 is 10.1 Å². The van der Waals surface area contributed by atoms with Crippen molar-refractivity contribution < 1.29 is 9.53 Å². The molecule has 0 spiro atoms. The van der Waals surface area contributed by atoms with E-state index in [0.29, 0.717) is 18.3 Å². The summed E-state index contributed by atoms with van der Waals surface area (Å²) in [5, 5.41) is 13.5. The van der Waals surface area contributed by atoms with Crippen molar-refractivity contribution in [2.75, 3.05) is 18.5 Å². The van der Waals surface area contributed by atoms with Crippen LogP contribution in [0.25, 0.3) is 16.6 Å². The number of benzene rings is 1.